The predicted molar refractivity (Wildman–Crippen MR) is 95.8 cm³/mol. The number of thioether (sulfide) groups is 1. The van der Waals surface area contributed by atoms with E-state index in [9.17, 15) is 9.59 Å². The van der Waals surface area contributed by atoms with E-state index in [1.807, 2.05) is 0 Å². The Morgan fingerprint density at radius 2 is 2.00 bits per heavy atom. The van der Waals surface area contributed by atoms with Gasteiger partial charge in [0.2, 0.25) is 0 Å². The maximum atomic E-state index is 12.4. The van der Waals surface area contributed by atoms with Crippen LogP contribution in [0.5, 0.6) is 0 Å². The fourth-order valence-electron chi connectivity index (χ4n) is 2.09. The van der Waals surface area contributed by atoms with E-state index in [1.54, 1.807) is 54.8 Å². The van der Waals surface area contributed by atoms with Crippen molar-refractivity contribution < 1.29 is 14.0 Å². The monoisotopic (exact) mass is 379 g/mol. The normalized spacial score (nSPS) is 16.8. The van der Waals surface area contributed by atoms with Crippen molar-refractivity contribution in [2.75, 3.05) is 0 Å². The summed E-state index contributed by atoms with van der Waals surface area (Å²) < 4.78 is 5.16. The summed E-state index contributed by atoms with van der Waals surface area (Å²) in [6, 6.07) is 8.58. The van der Waals surface area contributed by atoms with Crippen molar-refractivity contribution in [2.24, 2.45) is 0 Å². The zero-order valence-corrected chi connectivity index (χ0v) is 14.6. The highest BCUT2D eigenvalue weighted by atomic mass is 35.5. The molecular weight excluding hydrogens is 369 g/mol. The SMILES string of the molecule is O=C1S/C(=C\C=C\c2ccco2)C(=O)N1Cc1ccc(Cl)c(Cl)c1. The quantitative estimate of drug-likeness (QED) is 0.669. The van der Waals surface area contributed by atoms with E-state index in [-0.39, 0.29) is 17.7 Å². The first-order valence-electron chi connectivity index (χ1n) is 6.94. The van der Waals surface area contributed by atoms with Crippen LogP contribution in [0.15, 0.2) is 58.1 Å². The van der Waals surface area contributed by atoms with Crippen LogP contribution >= 0.6 is 35.0 Å². The van der Waals surface area contributed by atoms with Crippen LogP contribution in [0.25, 0.3) is 6.08 Å². The number of benzene rings is 1. The van der Waals surface area contributed by atoms with Gasteiger partial charge in [-0.25, -0.2) is 0 Å². The second-order valence-corrected chi connectivity index (χ2v) is 6.72. The Kier molecular flexibility index (Phi) is 5.14. The van der Waals surface area contributed by atoms with Crippen LogP contribution < -0.4 is 0 Å². The van der Waals surface area contributed by atoms with E-state index >= 15 is 0 Å². The van der Waals surface area contributed by atoms with Crippen molar-refractivity contribution in [3.8, 4) is 0 Å². The van der Waals surface area contributed by atoms with Crippen LogP contribution in [0.2, 0.25) is 10.0 Å². The molecule has 122 valence electrons. The largest absolute Gasteiger partial charge is 0.465 e. The van der Waals surface area contributed by atoms with E-state index < -0.39 is 0 Å². The summed E-state index contributed by atoms with van der Waals surface area (Å²) in [5, 5.41) is 0.499. The summed E-state index contributed by atoms with van der Waals surface area (Å²) in [7, 11) is 0. The zero-order chi connectivity index (χ0) is 17.1. The molecule has 0 radical (unpaired) electrons. The Morgan fingerprint density at radius 3 is 2.71 bits per heavy atom. The fraction of sp³-hybridized carbons (Fsp3) is 0.0588. The molecule has 1 fully saturated rings. The van der Waals surface area contributed by atoms with E-state index in [4.69, 9.17) is 27.6 Å². The predicted octanol–water partition coefficient (Wildman–Crippen LogP) is 5.38. The molecule has 2 aromatic rings. The van der Waals surface area contributed by atoms with Crippen LogP contribution in [0.4, 0.5) is 4.79 Å². The Bertz CT molecular complexity index is 844. The van der Waals surface area contributed by atoms with Crippen molar-refractivity contribution in [3.63, 3.8) is 0 Å². The lowest BCUT2D eigenvalue weighted by molar-refractivity contribution is -0.123. The number of allylic oxidation sites excluding steroid dienone is 2. The van der Waals surface area contributed by atoms with Gasteiger partial charge in [-0.2, -0.15) is 0 Å². The number of halogens is 2. The number of amides is 2. The molecule has 1 aliphatic heterocycles. The Hall–Kier alpha value is -1.95. The van der Waals surface area contributed by atoms with Crippen molar-refractivity contribution in [1.82, 2.24) is 4.90 Å². The van der Waals surface area contributed by atoms with Crippen LogP contribution in [0, 0.1) is 0 Å². The van der Waals surface area contributed by atoms with Crippen molar-refractivity contribution in [2.45, 2.75) is 6.54 Å². The summed E-state index contributed by atoms with van der Waals surface area (Å²) in [6.45, 7) is 0.154. The number of imide groups is 1. The molecular formula is C17H11Cl2NO3S. The van der Waals surface area contributed by atoms with Gasteiger partial charge in [0.1, 0.15) is 5.76 Å². The molecule has 4 nitrogen and oxygen atoms in total. The molecule has 24 heavy (non-hydrogen) atoms. The zero-order valence-electron chi connectivity index (χ0n) is 12.2. The molecule has 0 N–H and O–H groups in total. The average molecular weight is 380 g/mol. The molecule has 2 heterocycles. The number of carbonyl (C=O) groups is 2. The number of carbonyl (C=O) groups excluding carboxylic acids is 2. The lowest BCUT2D eigenvalue weighted by atomic mass is 10.2. The van der Waals surface area contributed by atoms with Gasteiger partial charge in [0.15, 0.2) is 0 Å². The van der Waals surface area contributed by atoms with Gasteiger partial charge in [-0.05, 0) is 53.7 Å². The Morgan fingerprint density at radius 1 is 1.17 bits per heavy atom. The standard InChI is InChI=1S/C17H11Cl2NO3S/c18-13-7-6-11(9-14(13)19)10-20-16(21)15(24-17(20)22)5-1-3-12-4-2-8-23-12/h1-9H,10H2/b3-1+,15-5-. The third kappa shape index (κ3) is 3.75. The molecule has 3 rings (SSSR count). The molecule has 0 saturated carbocycles. The highest BCUT2D eigenvalue weighted by molar-refractivity contribution is 8.18. The summed E-state index contributed by atoms with van der Waals surface area (Å²) in [5.74, 6) is 0.335. The molecule has 0 unspecified atom stereocenters. The van der Waals surface area contributed by atoms with Crippen LogP contribution in [-0.4, -0.2) is 16.0 Å². The number of hydrogen-bond donors (Lipinski definition) is 0. The van der Waals surface area contributed by atoms with E-state index in [0.29, 0.717) is 20.7 Å². The van der Waals surface area contributed by atoms with Gasteiger partial charge in [0.05, 0.1) is 27.8 Å². The first-order chi connectivity index (χ1) is 11.5. The van der Waals surface area contributed by atoms with Gasteiger partial charge >= 0.3 is 0 Å². The minimum absolute atomic E-state index is 0.154. The molecule has 1 aliphatic rings. The van der Waals surface area contributed by atoms with E-state index in [0.717, 1.165) is 17.3 Å². The smallest absolute Gasteiger partial charge is 0.293 e. The molecule has 0 spiro atoms. The van der Waals surface area contributed by atoms with Crippen LogP contribution in [0.1, 0.15) is 11.3 Å². The van der Waals surface area contributed by atoms with Gasteiger partial charge < -0.3 is 4.42 Å². The summed E-state index contributed by atoms with van der Waals surface area (Å²) in [6.07, 6.45) is 6.55. The van der Waals surface area contributed by atoms with E-state index in [1.165, 1.54) is 4.90 Å². The molecule has 1 aromatic heterocycles. The van der Waals surface area contributed by atoms with Crippen molar-refractivity contribution >= 4 is 52.2 Å². The third-order valence-electron chi connectivity index (χ3n) is 3.25. The summed E-state index contributed by atoms with van der Waals surface area (Å²) >= 11 is 12.7. The lowest BCUT2D eigenvalue weighted by Gasteiger charge is -2.12. The first-order valence-corrected chi connectivity index (χ1v) is 8.51. The van der Waals surface area contributed by atoms with Crippen molar-refractivity contribution in [1.29, 1.82) is 0 Å². The van der Waals surface area contributed by atoms with Gasteiger partial charge in [-0.3, -0.25) is 14.5 Å². The Balaban J connectivity index is 1.72. The molecule has 0 bridgehead atoms. The summed E-state index contributed by atoms with van der Waals surface area (Å²) in [4.78, 5) is 26.0. The van der Waals surface area contributed by atoms with Gasteiger partial charge in [0.25, 0.3) is 11.1 Å². The topological polar surface area (TPSA) is 50.5 Å². The highest BCUT2D eigenvalue weighted by Crippen LogP contribution is 2.32. The lowest BCUT2D eigenvalue weighted by Crippen LogP contribution is -2.27. The minimum Gasteiger partial charge on any atom is -0.465 e. The second-order valence-electron chi connectivity index (χ2n) is 4.91. The first kappa shape index (κ1) is 16.9. The maximum Gasteiger partial charge on any atom is 0.293 e. The molecule has 2 amide bonds. The molecule has 7 heteroatoms. The number of furan rings is 1. The van der Waals surface area contributed by atoms with E-state index in [2.05, 4.69) is 0 Å². The number of nitrogens with zero attached hydrogens (tertiary/aromatic N) is 1. The maximum absolute atomic E-state index is 12.4. The highest BCUT2D eigenvalue weighted by Gasteiger charge is 2.34. The van der Waals surface area contributed by atoms with Gasteiger partial charge in [0, 0.05) is 0 Å². The van der Waals surface area contributed by atoms with Crippen molar-refractivity contribution in [3.05, 3.63) is 75.0 Å². The third-order valence-corrected chi connectivity index (χ3v) is 4.91. The molecule has 1 aromatic carbocycles. The van der Waals surface area contributed by atoms with Gasteiger partial charge in [-0.15, -0.1) is 0 Å². The fourth-order valence-corrected chi connectivity index (χ4v) is 3.20. The molecule has 0 aliphatic carbocycles. The summed E-state index contributed by atoms with van der Waals surface area (Å²) in [5.41, 5.74) is 0.735. The van der Waals surface area contributed by atoms with Crippen LogP contribution in [-0.2, 0) is 11.3 Å². The average Bonchev–Trinajstić information content (AvgIpc) is 3.15. The minimum atomic E-state index is -0.333. The molecule has 1 saturated heterocycles. The molecule has 0 atom stereocenters. The van der Waals surface area contributed by atoms with Gasteiger partial charge in [-0.1, -0.05) is 35.3 Å². The second kappa shape index (κ2) is 7.30. The number of rotatable bonds is 4. The van der Waals surface area contributed by atoms with Crippen LogP contribution in [0.3, 0.4) is 0 Å². The Labute approximate surface area is 152 Å². The number of hydrogen-bond acceptors (Lipinski definition) is 4.